The lowest BCUT2D eigenvalue weighted by atomic mass is 9.72. The molecule has 0 bridgehead atoms. The normalized spacial score (nSPS) is 20.2. The van der Waals surface area contributed by atoms with E-state index < -0.39 is 0 Å². The molecule has 17 heavy (non-hydrogen) atoms. The lowest BCUT2D eigenvalue weighted by Gasteiger charge is -2.31. The molecule has 0 N–H and O–H groups in total. The summed E-state index contributed by atoms with van der Waals surface area (Å²) in [6.45, 7) is 6.40. The Morgan fingerprint density at radius 1 is 1.24 bits per heavy atom. The fourth-order valence-electron chi connectivity index (χ4n) is 3.08. The Balaban J connectivity index is 2.04. The summed E-state index contributed by atoms with van der Waals surface area (Å²) in [5.74, 6) is 0. The maximum atomic E-state index is 4.27. The van der Waals surface area contributed by atoms with Crippen LogP contribution in [0, 0.1) is 5.41 Å². The lowest BCUT2D eigenvalue weighted by molar-refractivity contribution is 0.454. The van der Waals surface area contributed by atoms with Crippen LogP contribution in [0.25, 0.3) is 0 Å². The molecule has 0 saturated carbocycles. The third-order valence-electron chi connectivity index (χ3n) is 4.18. The van der Waals surface area contributed by atoms with Crippen LogP contribution in [0.4, 0.5) is 0 Å². The molecule has 2 aliphatic rings. The number of hydrogen-bond donors (Lipinski definition) is 0. The van der Waals surface area contributed by atoms with Crippen LogP contribution >= 0.6 is 0 Å². The van der Waals surface area contributed by atoms with Gasteiger partial charge in [-0.05, 0) is 36.5 Å². The second kappa shape index (κ2) is 3.69. The minimum atomic E-state index is 0.125. The number of hydrogen-bond acceptors (Lipinski definition) is 1. The first-order chi connectivity index (χ1) is 8.22. The number of fused-ring (bicyclic) bond motifs is 1. The molecule has 3 rings (SSSR count). The van der Waals surface area contributed by atoms with Gasteiger partial charge in [-0.25, -0.2) is 0 Å². The minimum Gasteiger partial charge on any atom is -0.269 e. The van der Waals surface area contributed by atoms with Crippen LogP contribution in [0.15, 0.2) is 53.2 Å². The highest BCUT2D eigenvalue weighted by molar-refractivity contribution is 5.67. The van der Waals surface area contributed by atoms with Crippen LogP contribution < -0.4 is 0 Å². The quantitative estimate of drug-likeness (QED) is 0.678. The average molecular weight is 223 g/mol. The van der Waals surface area contributed by atoms with E-state index in [9.17, 15) is 0 Å². The van der Waals surface area contributed by atoms with Crippen molar-refractivity contribution >= 4 is 6.21 Å². The van der Waals surface area contributed by atoms with E-state index in [1.807, 2.05) is 12.4 Å². The summed E-state index contributed by atoms with van der Waals surface area (Å²) in [6.07, 6.45) is 7.21. The Morgan fingerprint density at radius 2 is 1.88 bits per heavy atom. The predicted octanol–water partition coefficient (Wildman–Crippen LogP) is 3.71. The highest BCUT2D eigenvalue weighted by atomic mass is 14.7. The van der Waals surface area contributed by atoms with Gasteiger partial charge >= 0.3 is 0 Å². The molecule has 1 aliphatic carbocycles. The van der Waals surface area contributed by atoms with Crippen LogP contribution in [0.5, 0.6) is 0 Å². The summed E-state index contributed by atoms with van der Waals surface area (Å²) in [6, 6.07) is 8.76. The van der Waals surface area contributed by atoms with E-state index in [1.165, 1.54) is 22.3 Å². The molecular weight excluding hydrogens is 206 g/mol. The topological polar surface area (TPSA) is 12.4 Å². The van der Waals surface area contributed by atoms with Crippen molar-refractivity contribution in [1.82, 2.24) is 0 Å². The van der Waals surface area contributed by atoms with Gasteiger partial charge in [-0.3, -0.25) is 4.99 Å². The number of allylic oxidation sites excluding steroid dienone is 2. The molecule has 1 heteroatoms. The second-order valence-corrected chi connectivity index (χ2v) is 5.17. The monoisotopic (exact) mass is 223 g/mol. The summed E-state index contributed by atoms with van der Waals surface area (Å²) in [5, 5.41) is 0. The Labute approximate surface area is 103 Å². The van der Waals surface area contributed by atoms with Crippen molar-refractivity contribution in [2.45, 2.75) is 26.2 Å². The van der Waals surface area contributed by atoms with Crippen molar-refractivity contribution in [2.24, 2.45) is 10.4 Å². The molecule has 1 nitrogen and oxygen atoms in total. The summed E-state index contributed by atoms with van der Waals surface area (Å²) in [4.78, 5) is 4.27. The van der Waals surface area contributed by atoms with Gasteiger partial charge in [0, 0.05) is 24.3 Å². The van der Waals surface area contributed by atoms with Gasteiger partial charge < -0.3 is 0 Å². The first-order valence-electron chi connectivity index (χ1n) is 6.16. The van der Waals surface area contributed by atoms with Gasteiger partial charge in [-0.15, -0.1) is 0 Å². The van der Waals surface area contributed by atoms with Gasteiger partial charge in [0.15, 0.2) is 0 Å². The summed E-state index contributed by atoms with van der Waals surface area (Å²) in [7, 11) is 0. The fourth-order valence-corrected chi connectivity index (χ4v) is 3.08. The van der Waals surface area contributed by atoms with Crippen LogP contribution in [0.1, 0.15) is 24.5 Å². The molecule has 0 radical (unpaired) electrons. The molecule has 0 fully saturated rings. The SMILES string of the molecule is C=C(C)C1(C2=CN=CC2)Cc2ccccc2C1. The fraction of sp³-hybridized carbons (Fsp3) is 0.312. The van der Waals surface area contributed by atoms with Gasteiger partial charge in [-0.1, -0.05) is 36.4 Å². The van der Waals surface area contributed by atoms with E-state index >= 15 is 0 Å². The van der Waals surface area contributed by atoms with Crippen molar-refractivity contribution in [3.8, 4) is 0 Å². The van der Waals surface area contributed by atoms with Crippen molar-refractivity contribution in [1.29, 1.82) is 0 Å². The summed E-state index contributed by atoms with van der Waals surface area (Å²) < 4.78 is 0. The molecular formula is C16H17N. The number of nitrogens with zero attached hydrogens (tertiary/aromatic N) is 1. The number of benzene rings is 1. The van der Waals surface area contributed by atoms with Crippen molar-refractivity contribution in [3.63, 3.8) is 0 Å². The summed E-state index contributed by atoms with van der Waals surface area (Å²) >= 11 is 0. The van der Waals surface area contributed by atoms with E-state index in [-0.39, 0.29) is 5.41 Å². The van der Waals surface area contributed by atoms with E-state index in [1.54, 1.807) is 0 Å². The Bertz CT molecular complexity index is 509. The van der Waals surface area contributed by atoms with Gasteiger partial charge in [0.05, 0.1) is 0 Å². The van der Waals surface area contributed by atoms with E-state index in [4.69, 9.17) is 0 Å². The first-order valence-corrected chi connectivity index (χ1v) is 6.16. The second-order valence-electron chi connectivity index (χ2n) is 5.17. The number of aliphatic imine (C=N–C) groups is 1. The molecule has 0 saturated heterocycles. The van der Waals surface area contributed by atoms with Gasteiger partial charge in [0.2, 0.25) is 0 Å². The van der Waals surface area contributed by atoms with Crippen molar-refractivity contribution in [2.75, 3.05) is 0 Å². The third kappa shape index (κ3) is 1.49. The zero-order valence-electron chi connectivity index (χ0n) is 10.2. The predicted molar refractivity (Wildman–Crippen MR) is 72.3 cm³/mol. The molecule has 1 aromatic rings. The first kappa shape index (κ1) is 10.5. The molecule has 0 atom stereocenters. The molecule has 0 aromatic heterocycles. The van der Waals surface area contributed by atoms with Crippen LogP contribution in [-0.4, -0.2) is 6.21 Å². The van der Waals surface area contributed by atoms with Gasteiger partial charge in [-0.2, -0.15) is 0 Å². The Morgan fingerprint density at radius 3 is 2.35 bits per heavy atom. The zero-order chi connectivity index (χ0) is 11.9. The molecule has 1 aliphatic heterocycles. The maximum absolute atomic E-state index is 4.27. The summed E-state index contributed by atoms with van der Waals surface area (Å²) in [5.41, 5.74) is 5.78. The van der Waals surface area contributed by atoms with Crippen LogP contribution in [-0.2, 0) is 12.8 Å². The van der Waals surface area contributed by atoms with Gasteiger partial charge in [0.25, 0.3) is 0 Å². The van der Waals surface area contributed by atoms with Gasteiger partial charge in [0.1, 0.15) is 0 Å². The molecule has 0 amide bonds. The average Bonchev–Trinajstić information content (AvgIpc) is 2.96. The van der Waals surface area contributed by atoms with Crippen molar-refractivity contribution < 1.29 is 0 Å². The standard InChI is InChI=1S/C16H17N/c1-12(2)16(15-7-8-17-11-15)9-13-5-3-4-6-14(13)10-16/h3-6,8,11H,1,7,9-10H2,2H3. The van der Waals surface area contributed by atoms with E-state index in [2.05, 4.69) is 42.8 Å². The third-order valence-corrected chi connectivity index (χ3v) is 4.18. The molecule has 0 spiro atoms. The smallest absolute Gasteiger partial charge is 0.0268 e. The number of rotatable bonds is 2. The van der Waals surface area contributed by atoms with Crippen LogP contribution in [0.3, 0.4) is 0 Å². The van der Waals surface area contributed by atoms with Crippen molar-refractivity contribution in [3.05, 3.63) is 59.3 Å². The highest BCUT2D eigenvalue weighted by Gasteiger charge is 2.41. The molecule has 1 heterocycles. The Hall–Kier alpha value is -1.63. The molecule has 1 aromatic carbocycles. The van der Waals surface area contributed by atoms with Crippen LogP contribution in [0.2, 0.25) is 0 Å². The van der Waals surface area contributed by atoms with E-state index in [0.29, 0.717) is 0 Å². The zero-order valence-corrected chi connectivity index (χ0v) is 10.2. The minimum absolute atomic E-state index is 0.125. The molecule has 0 unspecified atom stereocenters. The lowest BCUT2D eigenvalue weighted by Crippen LogP contribution is -2.25. The molecule has 86 valence electrons. The largest absolute Gasteiger partial charge is 0.269 e. The Kier molecular flexibility index (Phi) is 2.29. The maximum Gasteiger partial charge on any atom is 0.0268 e. The highest BCUT2D eigenvalue weighted by Crippen LogP contribution is 2.48. The van der Waals surface area contributed by atoms with E-state index in [0.717, 1.165) is 19.3 Å².